The molecule has 10 nitrogen and oxygen atoms in total. The fourth-order valence-electron chi connectivity index (χ4n) is 7.84. The Balaban J connectivity index is 1.77. The van der Waals surface area contributed by atoms with E-state index < -0.39 is 0 Å². The number of methoxy groups -OCH3 is 6. The topological polar surface area (TPSA) is 88.2 Å². The van der Waals surface area contributed by atoms with E-state index in [0.29, 0.717) is 29.2 Å². The number of fused-ring (bicyclic) bond motifs is 7. The Morgan fingerprint density at radius 3 is 1.77 bits per heavy atom. The minimum Gasteiger partial charge on any atom is -0.496 e. The van der Waals surface area contributed by atoms with Crippen molar-refractivity contribution >= 4 is 5.97 Å². The lowest BCUT2D eigenvalue weighted by Gasteiger charge is -2.58. The van der Waals surface area contributed by atoms with Crippen molar-refractivity contribution in [1.82, 2.24) is 9.80 Å². The second kappa shape index (κ2) is 12.4. The molecule has 0 saturated carbocycles. The Morgan fingerprint density at radius 2 is 1.27 bits per heavy atom. The van der Waals surface area contributed by atoms with Crippen molar-refractivity contribution in [1.29, 1.82) is 0 Å². The lowest BCUT2D eigenvalue weighted by Crippen LogP contribution is -2.64. The van der Waals surface area contributed by atoms with Gasteiger partial charge < -0.3 is 33.2 Å². The molecule has 3 heterocycles. The number of rotatable bonds is 9. The first-order chi connectivity index (χ1) is 21.1. The number of carbonyl (C=O) groups excluding carboxylic acids is 1. The molecule has 0 aliphatic carbocycles. The summed E-state index contributed by atoms with van der Waals surface area (Å²) in [6.07, 6.45) is 3.20. The van der Waals surface area contributed by atoms with Gasteiger partial charge >= 0.3 is 5.97 Å². The number of nitrogens with zero attached hydrogens (tertiary/aromatic N) is 2. The van der Waals surface area contributed by atoms with Crippen LogP contribution in [0.3, 0.4) is 0 Å². The molecule has 240 valence electrons. The van der Waals surface area contributed by atoms with Crippen LogP contribution >= 0.6 is 0 Å². The molecule has 3 aliphatic heterocycles. The summed E-state index contributed by atoms with van der Waals surface area (Å²) in [6, 6.07) is -0.229. The summed E-state index contributed by atoms with van der Waals surface area (Å²) in [5.74, 6) is 3.93. The fourth-order valence-corrected chi connectivity index (χ4v) is 7.84. The van der Waals surface area contributed by atoms with E-state index in [1.807, 2.05) is 20.8 Å². The van der Waals surface area contributed by atoms with E-state index in [4.69, 9.17) is 33.2 Å². The third-order valence-corrected chi connectivity index (χ3v) is 9.92. The van der Waals surface area contributed by atoms with Crippen LogP contribution < -0.4 is 28.4 Å². The predicted octanol–water partition coefficient (Wildman–Crippen LogP) is 4.74. The first-order valence-electron chi connectivity index (χ1n) is 15.0. The highest BCUT2D eigenvalue weighted by atomic mass is 16.5. The quantitative estimate of drug-likeness (QED) is 0.293. The Hall–Kier alpha value is -3.63. The maximum atomic E-state index is 13.0. The summed E-state index contributed by atoms with van der Waals surface area (Å²) >= 11 is 0. The summed E-state index contributed by atoms with van der Waals surface area (Å²) in [5, 5.41) is 0. The minimum atomic E-state index is -0.340. The van der Waals surface area contributed by atoms with Crippen molar-refractivity contribution in [2.24, 2.45) is 0 Å². The predicted molar refractivity (Wildman–Crippen MR) is 167 cm³/mol. The summed E-state index contributed by atoms with van der Waals surface area (Å²) in [6.45, 7) is 8.50. The summed E-state index contributed by atoms with van der Waals surface area (Å²) in [5.41, 5.74) is 6.54. The third-order valence-electron chi connectivity index (χ3n) is 9.92. The van der Waals surface area contributed by atoms with Gasteiger partial charge in [-0.1, -0.05) is 6.08 Å². The van der Waals surface area contributed by atoms with Crippen molar-refractivity contribution in [3.8, 4) is 34.5 Å². The van der Waals surface area contributed by atoms with Crippen molar-refractivity contribution in [3.63, 3.8) is 0 Å². The van der Waals surface area contributed by atoms with Gasteiger partial charge in [-0.15, -0.1) is 0 Å². The molecule has 4 atom stereocenters. The van der Waals surface area contributed by atoms with Gasteiger partial charge in [-0.05, 0) is 47.6 Å². The highest BCUT2D eigenvalue weighted by molar-refractivity contribution is 5.87. The number of ether oxygens (including phenoxy) is 7. The molecule has 0 amide bonds. The van der Waals surface area contributed by atoms with Gasteiger partial charge in [0.1, 0.15) is 18.1 Å². The standard InChI is InChI=1S/C34H46N2O8/c1-12-17(2)34(37)44-16-24-25-22(29(39-7)19(4)30(40-8)32(25)42-10)14-23-27-26-21(13-20(35(27)5)15-36(23)24)28(38-6)18(3)31(41-9)33(26)43-11/h12,20,23-24,27H,13-16H2,1-11H3/b17-12-/t20-,23-,24+,27+/m0/s1. The van der Waals surface area contributed by atoms with Gasteiger partial charge in [0.05, 0.1) is 54.7 Å². The van der Waals surface area contributed by atoms with Crippen molar-refractivity contribution in [2.75, 3.05) is 62.9 Å². The smallest absolute Gasteiger partial charge is 0.333 e. The Morgan fingerprint density at radius 1 is 0.773 bits per heavy atom. The average Bonchev–Trinajstić information content (AvgIpc) is 3.02. The molecule has 10 heteroatoms. The molecule has 2 aromatic rings. The molecular formula is C34H46N2O8. The highest BCUT2D eigenvalue weighted by Crippen LogP contribution is 2.58. The maximum Gasteiger partial charge on any atom is 0.333 e. The first-order valence-corrected chi connectivity index (χ1v) is 15.0. The van der Waals surface area contributed by atoms with E-state index in [1.54, 1.807) is 55.7 Å². The number of allylic oxidation sites excluding steroid dienone is 1. The first kappa shape index (κ1) is 31.8. The van der Waals surface area contributed by atoms with E-state index in [2.05, 4.69) is 16.8 Å². The van der Waals surface area contributed by atoms with Crippen LogP contribution in [0.5, 0.6) is 34.5 Å². The molecule has 0 aromatic heterocycles. The average molecular weight is 611 g/mol. The van der Waals surface area contributed by atoms with Crippen LogP contribution in [0.1, 0.15) is 59.3 Å². The van der Waals surface area contributed by atoms with Crippen LogP contribution in [-0.2, 0) is 22.4 Å². The molecule has 0 unspecified atom stereocenters. The van der Waals surface area contributed by atoms with Crippen molar-refractivity contribution in [3.05, 3.63) is 45.0 Å². The van der Waals surface area contributed by atoms with Crippen molar-refractivity contribution < 1.29 is 38.0 Å². The second-order valence-electron chi connectivity index (χ2n) is 11.8. The SMILES string of the molecule is C/C=C(/C)C(=O)OC[C@@H]1c2c(c(OC)c(C)c(OC)c2OC)C[C@H]2[C@@H]3c4c(c(OC)c(C)c(OC)c4OC)C[C@@H](CN12)N3C. The molecule has 0 radical (unpaired) electrons. The van der Waals surface area contributed by atoms with Crippen LogP contribution in [0, 0.1) is 13.8 Å². The van der Waals surface area contributed by atoms with Gasteiger partial charge in [0, 0.05) is 57.6 Å². The van der Waals surface area contributed by atoms with Crippen LogP contribution in [0.15, 0.2) is 11.6 Å². The van der Waals surface area contributed by atoms with Crippen LogP contribution in [0.2, 0.25) is 0 Å². The monoisotopic (exact) mass is 610 g/mol. The Labute approximate surface area is 260 Å². The van der Waals surface area contributed by atoms with E-state index in [-0.39, 0.29) is 36.7 Å². The van der Waals surface area contributed by atoms with E-state index in [0.717, 1.165) is 63.6 Å². The second-order valence-corrected chi connectivity index (χ2v) is 11.8. The molecule has 3 aliphatic rings. The zero-order valence-corrected chi connectivity index (χ0v) is 27.9. The number of benzene rings is 2. The van der Waals surface area contributed by atoms with Gasteiger partial charge in [0.25, 0.3) is 0 Å². The van der Waals surface area contributed by atoms with Gasteiger partial charge in [0.2, 0.25) is 0 Å². The summed E-state index contributed by atoms with van der Waals surface area (Å²) < 4.78 is 42.1. The lowest BCUT2D eigenvalue weighted by molar-refractivity contribution is -0.143. The summed E-state index contributed by atoms with van der Waals surface area (Å²) in [7, 11) is 12.2. The molecule has 5 rings (SSSR count). The van der Waals surface area contributed by atoms with Gasteiger partial charge in [-0.2, -0.15) is 0 Å². The number of carbonyl (C=O) groups is 1. The molecule has 44 heavy (non-hydrogen) atoms. The number of esters is 1. The Bertz CT molecular complexity index is 1490. The molecular weight excluding hydrogens is 564 g/mol. The third kappa shape index (κ3) is 4.65. The molecule has 1 fully saturated rings. The van der Waals surface area contributed by atoms with E-state index >= 15 is 0 Å². The highest BCUT2D eigenvalue weighted by Gasteiger charge is 2.53. The minimum absolute atomic E-state index is 0.0215. The van der Waals surface area contributed by atoms with Gasteiger partial charge in [0.15, 0.2) is 23.0 Å². The maximum absolute atomic E-state index is 13.0. The van der Waals surface area contributed by atoms with Crippen LogP contribution in [0.4, 0.5) is 0 Å². The fraction of sp³-hybridized carbons (Fsp3) is 0.559. The Kier molecular flexibility index (Phi) is 8.96. The zero-order chi connectivity index (χ0) is 32.0. The zero-order valence-electron chi connectivity index (χ0n) is 27.9. The van der Waals surface area contributed by atoms with E-state index in [9.17, 15) is 4.79 Å². The van der Waals surface area contributed by atoms with Crippen LogP contribution in [-0.4, -0.2) is 90.7 Å². The van der Waals surface area contributed by atoms with Gasteiger partial charge in [-0.25, -0.2) is 4.79 Å². The molecule has 0 N–H and O–H groups in total. The largest absolute Gasteiger partial charge is 0.496 e. The lowest BCUT2D eigenvalue weighted by atomic mass is 9.73. The molecule has 1 saturated heterocycles. The molecule has 2 bridgehead atoms. The van der Waals surface area contributed by atoms with Crippen molar-refractivity contribution in [2.45, 2.75) is 64.7 Å². The molecule has 0 spiro atoms. The number of hydrogen-bond donors (Lipinski definition) is 0. The van der Waals surface area contributed by atoms with Crippen LogP contribution in [0.25, 0.3) is 0 Å². The van der Waals surface area contributed by atoms with Gasteiger partial charge in [-0.3, -0.25) is 9.80 Å². The van der Waals surface area contributed by atoms with E-state index in [1.165, 1.54) is 0 Å². The molecule has 2 aromatic carbocycles. The number of piperazine rings is 1. The normalized spacial score (nSPS) is 22.8. The number of likely N-dealkylation sites (N-methyl/N-ethyl adjacent to an activating group) is 1. The summed E-state index contributed by atoms with van der Waals surface area (Å²) in [4.78, 5) is 17.9. The number of hydrogen-bond acceptors (Lipinski definition) is 10.